The van der Waals surface area contributed by atoms with Crippen molar-refractivity contribution in [2.24, 2.45) is 0 Å². The molecule has 1 heterocycles. The van der Waals surface area contributed by atoms with Gasteiger partial charge >= 0.3 is 0 Å². The van der Waals surface area contributed by atoms with Gasteiger partial charge in [0, 0.05) is 37.4 Å². The van der Waals surface area contributed by atoms with Crippen LogP contribution >= 0.6 is 11.6 Å². The molecule has 0 amide bonds. The summed E-state index contributed by atoms with van der Waals surface area (Å²) >= 11 is 5.89. The first-order chi connectivity index (χ1) is 8.56. The van der Waals surface area contributed by atoms with E-state index in [1.54, 1.807) is 35.4 Å². The molecule has 0 saturated heterocycles. The van der Waals surface area contributed by atoms with Crippen LogP contribution in [0.5, 0.6) is 11.6 Å². The van der Waals surface area contributed by atoms with E-state index in [1.165, 1.54) is 0 Å². The summed E-state index contributed by atoms with van der Waals surface area (Å²) in [6.45, 7) is 0. The van der Waals surface area contributed by atoms with Crippen LogP contribution in [0.2, 0.25) is 5.02 Å². The number of rotatable bonds is 3. The van der Waals surface area contributed by atoms with Gasteiger partial charge in [-0.2, -0.15) is 4.98 Å². The van der Waals surface area contributed by atoms with E-state index in [2.05, 4.69) is 9.97 Å². The highest BCUT2D eigenvalue weighted by Crippen LogP contribution is 2.29. The molecule has 0 bridgehead atoms. The lowest BCUT2D eigenvalue weighted by molar-refractivity contribution is 0.464. The number of anilines is 2. The van der Waals surface area contributed by atoms with Crippen LogP contribution in [0.3, 0.4) is 0 Å². The van der Waals surface area contributed by atoms with Gasteiger partial charge in [0.05, 0.1) is 5.69 Å². The van der Waals surface area contributed by atoms with Crippen molar-refractivity contribution < 1.29 is 4.74 Å². The maximum absolute atomic E-state index is 5.89. The molecule has 0 spiro atoms. The van der Waals surface area contributed by atoms with Crippen LogP contribution in [0, 0.1) is 0 Å². The average molecular weight is 265 g/mol. The molecular weight excluding hydrogens is 252 g/mol. The van der Waals surface area contributed by atoms with Crippen LogP contribution in [0.4, 0.5) is 11.6 Å². The summed E-state index contributed by atoms with van der Waals surface area (Å²) in [6, 6.07) is 6.70. The molecule has 18 heavy (non-hydrogen) atoms. The van der Waals surface area contributed by atoms with Gasteiger partial charge in [-0.05, 0) is 12.1 Å². The molecule has 0 atom stereocenters. The van der Waals surface area contributed by atoms with E-state index >= 15 is 0 Å². The van der Waals surface area contributed by atoms with Crippen molar-refractivity contribution in [3.05, 3.63) is 35.5 Å². The van der Waals surface area contributed by atoms with E-state index in [1.807, 2.05) is 14.1 Å². The van der Waals surface area contributed by atoms with Crippen LogP contribution in [0.15, 0.2) is 30.5 Å². The molecule has 5 nitrogen and oxygen atoms in total. The second kappa shape index (κ2) is 5.10. The van der Waals surface area contributed by atoms with Crippen molar-refractivity contribution in [3.8, 4) is 11.6 Å². The molecule has 1 aromatic carbocycles. The summed E-state index contributed by atoms with van der Waals surface area (Å²) < 4.78 is 5.59. The fraction of sp³-hybridized carbons (Fsp3) is 0.167. The summed E-state index contributed by atoms with van der Waals surface area (Å²) in [6.07, 6.45) is 1.62. The first-order valence-corrected chi connectivity index (χ1v) is 5.67. The molecule has 0 radical (unpaired) electrons. The largest absolute Gasteiger partial charge is 0.437 e. The normalized spacial score (nSPS) is 10.2. The van der Waals surface area contributed by atoms with Gasteiger partial charge in [-0.1, -0.05) is 11.6 Å². The van der Waals surface area contributed by atoms with Gasteiger partial charge in [0.2, 0.25) is 11.8 Å². The number of halogens is 1. The van der Waals surface area contributed by atoms with Crippen LogP contribution in [0.25, 0.3) is 0 Å². The molecule has 0 aliphatic rings. The predicted molar refractivity (Wildman–Crippen MR) is 72.3 cm³/mol. The van der Waals surface area contributed by atoms with Crippen molar-refractivity contribution in [1.82, 2.24) is 9.97 Å². The molecule has 0 aliphatic heterocycles. The molecule has 2 N–H and O–H groups in total. The van der Waals surface area contributed by atoms with Gasteiger partial charge in [-0.15, -0.1) is 0 Å². The minimum absolute atomic E-state index is 0.419. The third kappa shape index (κ3) is 2.81. The quantitative estimate of drug-likeness (QED) is 0.863. The smallest absolute Gasteiger partial charge is 0.228 e. The Kier molecular flexibility index (Phi) is 3.53. The fourth-order valence-electron chi connectivity index (χ4n) is 1.31. The first-order valence-electron chi connectivity index (χ1n) is 5.29. The van der Waals surface area contributed by atoms with Gasteiger partial charge in [0.1, 0.15) is 0 Å². The van der Waals surface area contributed by atoms with E-state index < -0.39 is 0 Å². The Labute approximate surface area is 110 Å². The second-order valence-electron chi connectivity index (χ2n) is 3.87. The van der Waals surface area contributed by atoms with Crippen molar-refractivity contribution >= 4 is 23.2 Å². The number of benzene rings is 1. The summed E-state index contributed by atoms with van der Waals surface area (Å²) in [5.74, 6) is 1.46. The fourth-order valence-corrected chi connectivity index (χ4v) is 1.48. The van der Waals surface area contributed by atoms with Crippen molar-refractivity contribution in [3.63, 3.8) is 0 Å². The van der Waals surface area contributed by atoms with Crippen molar-refractivity contribution in [2.75, 3.05) is 24.7 Å². The zero-order chi connectivity index (χ0) is 13.1. The number of nitrogens with two attached hydrogens (primary N) is 1. The highest BCUT2D eigenvalue weighted by molar-refractivity contribution is 6.30. The second-order valence-corrected chi connectivity index (χ2v) is 4.31. The minimum Gasteiger partial charge on any atom is -0.437 e. The minimum atomic E-state index is 0.419. The third-order valence-corrected chi connectivity index (χ3v) is 2.44. The Hall–Kier alpha value is -2.01. The molecule has 6 heteroatoms. The average Bonchev–Trinajstić information content (AvgIpc) is 2.34. The van der Waals surface area contributed by atoms with E-state index in [4.69, 9.17) is 22.1 Å². The third-order valence-electron chi connectivity index (χ3n) is 2.21. The molecule has 2 rings (SSSR count). The van der Waals surface area contributed by atoms with Crippen LogP contribution in [-0.2, 0) is 0 Å². The monoisotopic (exact) mass is 264 g/mol. The Balaban J connectivity index is 2.28. The molecule has 0 unspecified atom stereocenters. The number of hydrogen-bond acceptors (Lipinski definition) is 5. The lowest BCUT2D eigenvalue weighted by Gasteiger charge is -2.12. The van der Waals surface area contributed by atoms with E-state index in [0.29, 0.717) is 28.3 Å². The highest BCUT2D eigenvalue weighted by Gasteiger charge is 2.06. The summed E-state index contributed by atoms with van der Waals surface area (Å²) in [4.78, 5) is 10.1. The van der Waals surface area contributed by atoms with Crippen molar-refractivity contribution in [2.45, 2.75) is 0 Å². The predicted octanol–water partition coefficient (Wildman–Crippen LogP) is 2.57. The molecule has 0 saturated carbocycles. The zero-order valence-electron chi connectivity index (χ0n) is 10.1. The molecule has 0 fully saturated rings. The van der Waals surface area contributed by atoms with Crippen LogP contribution < -0.4 is 15.4 Å². The highest BCUT2D eigenvalue weighted by atomic mass is 35.5. The summed E-state index contributed by atoms with van der Waals surface area (Å²) in [5.41, 5.74) is 6.30. The van der Waals surface area contributed by atoms with Crippen LogP contribution in [0.1, 0.15) is 0 Å². The lowest BCUT2D eigenvalue weighted by Crippen LogP contribution is -2.12. The maximum atomic E-state index is 5.89. The zero-order valence-corrected chi connectivity index (χ0v) is 10.8. The topological polar surface area (TPSA) is 64.3 Å². The Morgan fingerprint density at radius 3 is 2.78 bits per heavy atom. The van der Waals surface area contributed by atoms with Gasteiger partial charge < -0.3 is 15.4 Å². The van der Waals surface area contributed by atoms with E-state index in [-0.39, 0.29) is 0 Å². The van der Waals surface area contributed by atoms with Gasteiger partial charge in [0.25, 0.3) is 0 Å². The van der Waals surface area contributed by atoms with Crippen molar-refractivity contribution in [1.29, 1.82) is 0 Å². The maximum Gasteiger partial charge on any atom is 0.228 e. The molecule has 1 aromatic heterocycles. The van der Waals surface area contributed by atoms with Gasteiger partial charge in [-0.25, -0.2) is 4.98 Å². The standard InChI is InChI=1S/C12H13ClN4O/c1-17(2)12-15-6-5-11(16-12)18-10-7-8(13)3-4-9(10)14/h3-7H,14H2,1-2H3. The lowest BCUT2D eigenvalue weighted by atomic mass is 10.3. The van der Waals surface area contributed by atoms with Gasteiger partial charge in [0.15, 0.2) is 5.75 Å². The Bertz CT molecular complexity index is 560. The SMILES string of the molecule is CN(C)c1nccc(Oc2cc(Cl)ccc2N)n1. The summed E-state index contributed by atoms with van der Waals surface area (Å²) in [7, 11) is 3.71. The molecule has 0 aliphatic carbocycles. The molecule has 2 aromatic rings. The summed E-state index contributed by atoms with van der Waals surface area (Å²) in [5, 5.41) is 0.557. The molecule has 94 valence electrons. The molecular formula is C12H13ClN4O. The number of ether oxygens (including phenoxy) is 1. The van der Waals surface area contributed by atoms with Gasteiger partial charge in [-0.3, -0.25) is 0 Å². The first kappa shape index (κ1) is 12.4. The number of hydrogen-bond donors (Lipinski definition) is 1. The number of aromatic nitrogens is 2. The number of nitrogens with zero attached hydrogens (tertiary/aromatic N) is 3. The van der Waals surface area contributed by atoms with Crippen LogP contribution in [-0.4, -0.2) is 24.1 Å². The Morgan fingerprint density at radius 2 is 2.06 bits per heavy atom. The number of nitrogen functional groups attached to an aromatic ring is 1. The van der Waals surface area contributed by atoms with E-state index in [9.17, 15) is 0 Å². The Morgan fingerprint density at radius 1 is 1.28 bits per heavy atom. The van der Waals surface area contributed by atoms with E-state index in [0.717, 1.165) is 0 Å².